The highest BCUT2D eigenvalue weighted by atomic mass is 19.2. The molecule has 0 amide bonds. The second-order valence-electron chi connectivity index (χ2n) is 3.19. The quantitative estimate of drug-likeness (QED) is 0.789. The maximum absolute atomic E-state index is 13.0. The maximum Gasteiger partial charge on any atom is 0.202 e. The van der Waals surface area contributed by atoms with Gasteiger partial charge in [0, 0.05) is 0 Å². The summed E-state index contributed by atoms with van der Waals surface area (Å²) < 4.78 is 30.7. The van der Waals surface area contributed by atoms with E-state index in [0.717, 1.165) is 6.07 Å². The Hall–Kier alpha value is -2.04. The molecule has 0 spiro atoms. The van der Waals surface area contributed by atoms with Gasteiger partial charge >= 0.3 is 0 Å². The monoisotopic (exact) mass is 225 g/mol. The van der Waals surface area contributed by atoms with Gasteiger partial charge in [-0.2, -0.15) is 4.39 Å². The van der Waals surface area contributed by atoms with Gasteiger partial charge in [-0.25, -0.2) is 4.39 Å². The van der Waals surface area contributed by atoms with Crippen LogP contribution >= 0.6 is 0 Å². The van der Waals surface area contributed by atoms with Crippen LogP contribution in [0.5, 0.6) is 5.75 Å². The largest absolute Gasteiger partial charge is 0.503 e. The fraction of sp³-hybridized carbons (Fsp3) is 0.0909. The van der Waals surface area contributed by atoms with Gasteiger partial charge in [0.25, 0.3) is 0 Å². The SMILES string of the molecule is Oc1c(NCc2ccco2)ccc(F)c1F. The van der Waals surface area contributed by atoms with Gasteiger partial charge in [0.15, 0.2) is 11.6 Å². The van der Waals surface area contributed by atoms with E-state index in [1.54, 1.807) is 12.1 Å². The second-order valence-corrected chi connectivity index (χ2v) is 3.19. The molecule has 16 heavy (non-hydrogen) atoms. The van der Waals surface area contributed by atoms with Crippen molar-refractivity contribution in [2.45, 2.75) is 6.54 Å². The fourth-order valence-corrected chi connectivity index (χ4v) is 1.28. The molecule has 0 saturated carbocycles. The van der Waals surface area contributed by atoms with Gasteiger partial charge in [-0.1, -0.05) is 0 Å². The van der Waals surface area contributed by atoms with Crippen molar-refractivity contribution in [2.75, 3.05) is 5.32 Å². The molecule has 0 fully saturated rings. The lowest BCUT2D eigenvalue weighted by Crippen LogP contribution is -2.00. The van der Waals surface area contributed by atoms with Crippen LogP contribution in [0.25, 0.3) is 0 Å². The number of anilines is 1. The highest BCUT2D eigenvalue weighted by molar-refractivity contribution is 5.56. The van der Waals surface area contributed by atoms with Crippen molar-refractivity contribution in [3.8, 4) is 5.75 Å². The van der Waals surface area contributed by atoms with E-state index in [0.29, 0.717) is 5.76 Å². The summed E-state index contributed by atoms with van der Waals surface area (Å²) in [5.74, 6) is -2.44. The molecule has 0 aliphatic heterocycles. The summed E-state index contributed by atoms with van der Waals surface area (Å²) in [5.41, 5.74) is 0.121. The van der Waals surface area contributed by atoms with E-state index in [9.17, 15) is 13.9 Å². The van der Waals surface area contributed by atoms with E-state index >= 15 is 0 Å². The summed E-state index contributed by atoms with van der Waals surface area (Å²) in [5, 5.41) is 12.0. The second kappa shape index (κ2) is 4.22. The average molecular weight is 225 g/mol. The van der Waals surface area contributed by atoms with Crippen LogP contribution in [0, 0.1) is 11.6 Å². The fourth-order valence-electron chi connectivity index (χ4n) is 1.28. The summed E-state index contributed by atoms with van der Waals surface area (Å²) in [6.07, 6.45) is 1.50. The molecule has 1 heterocycles. The molecule has 0 atom stereocenters. The predicted molar refractivity (Wildman–Crippen MR) is 54.1 cm³/mol. The average Bonchev–Trinajstić information content (AvgIpc) is 2.78. The zero-order valence-electron chi connectivity index (χ0n) is 8.21. The van der Waals surface area contributed by atoms with Crippen LogP contribution in [0.1, 0.15) is 5.76 Å². The molecule has 1 aromatic heterocycles. The van der Waals surface area contributed by atoms with Crippen molar-refractivity contribution in [2.24, 2.45) is 0 Å². The molecule has 2 rings (SSSR count). The van der Waals surface area contributed by atoms with E-state index in [-0.39, 0.29) is 12.2 Å². The maximum atomic E-state index is 13.0. The lowest BCUT2D eigenvalue weighted by atomic mass is 10.2. The number of phenolic OH excluding ortho intramolecular Hbond substituents is 1. The Balaban J connectivity index is 2.13. The first-order chi connectivity index (χ1) is 7.68. The van der Waals surface area contributed by atoms with Gasteiger partial charge in [0.2, 0.25) is 5.82 Å². The van der Waals surface area contributed by atoms with Crippen molar-refractivity contribution in [3.05, 3.63) is 47.9 Å². The molecule has 0 radical (unpaired) electrons. The van der Waals surface area contributed by atoms with Crippen LogP contribution in [0.2, 0.25) is 0 Å². The Labute approximate surface area is 90.3 Å². The van der Waals surface area contributed by atoms with Gasteiger partial charge in [-0.05, 0) is 24.3 Å². The Kier molecular flexibility index (Phi) is 2.76. The molecule has 84 valence electrons. The number of hydrogen-bond acceptors (Lipinski definition) is 3. The number of phenols is 1. The normalized spacial score (nSPS) is 10.4. The van der Waals surface area contributed by atoms with E-state index in [4.69, 9.17) is 4.42 Å². The molecule has 2 aromatic rings. The Morgan fingerprint density at radius 2 is 2.06 bits per heavy atom. The molecule has 1 aromatic carbocycles. The lowest BCUT2D eigenvalue weighted by Gasteiger charge is -2.07. The zero-order chi connectivity index (χ0) is 11.5. The third kappa shape index (κ3) is 1.98. The van der Waals surface area contributed by atoms with E-state index in [1.807, 2.05) is 0 Å². The number of hydrogen-bond donors (Lipinski definition) is 2. The minimum atomic E-state index is -1.26. The van der Waals surface area contributed by atoms with Gasteiger partial charge in [0.1, 0.15) is 5.76 Å². The standard InChI is InChI=1S/C11H9F2NO2/c12-8-3-4-9(11(15)10(8)13)14-6-7-2-1-5-16-7/h1-5,14-15H,6H2. The Bertz CT molecular complexity index is 483. The summed E-state index contributed by atoms with van der Waals surface area (Å²) in [4.78, 5) is 0. The van der Waals surface area contributed by atoms with Gasteiger partial charge < -0.3 is 14.8 Å². The van der Waals surface area contributed by atoms with Gasteiger partial charge in [-0.3, -0.25) is 0 Å². The Morgan fingerprint density at radius 3 is 2.75 bits per heavy atom. The predicted octanol–water partition coefficient (Wildman–Crippen LogP) is 2.88. The summed E-state index contributed by atoms with van der Waals surface area (Å²) in [6, 6.07) is 5.64. The van der Waals surface area contributed by atoms with Crippen molar-refractivity contribution >= 4 is 5.69 Å². The van der Waals surface area contributed by atoms with Gasteiger partial charge in [0.05, 0.1) is 18.5 Å². The minimum absolute atomic E-state index is 0.121. The van der Waals surface area contributed by atoms with Crippen molar-refractivity contribution < 1.29 is 18.3 Å². The number of aromatic hydroxyl groups is 1. The smallest absolute Gasteiger partial charge is 0.202 e. The van der Waals surface area contributed by atoms with Crippen LogP contribution < -0.4 is 5.32 Å². The zero-order valence-corrected chi connectivity index (χ0v) is 8.21. The van der Waals surface area contributed by atoms with E-state index in [1.165, 1.54) is 12.3 Å². The summed E-state index contributed by atoms with van der Waals surface area (Å²) >= 11 is 0. The first-order valence-electron chi connectivity index (χ1n) is 4.61. The number of furan rings is 1. The molecular weight excluding hydrogens is 216 g/mol. The van der Waals surface area contributed by atoms with E-state index in [2.05, 4.69) is 5.32 Å². The summed E-state index contributed by atoms with van der Waals surface area (Å²) in [6.45, 7) is 0.283. The van der Waals surface area contributed by atoms with Crippen LogP contribution in [-0.4, -0.2) is 5.11 Å². The molecule has 3 nitrogen and oxygen atoms in total. The van der Waals surface area contributed by atoms with Crippen LogP contribution in [0.4, 0.5) is 14.5 Å². The molecule has 0 saturated heterocycles. The van der Waals surface area contributed by atoms with Gasteiger partial charge in [-0.15, -0.1) is 0 Å². The minimum Gasteiger partial charge on any atom is -0.503 e. The molecule has 0 unspecified atom stereocenters. The van der Waals surface area contributed by atoms with Crippen molar-refractivity contribution in [1.29, 1.82) is 0 Å². The third-order valence-corrected chi connectivity index (χ3v) is 2.10. The van der Waals surface area contributed by atoms with E-state index < -0.39 is 17.4 Å². The molecule has 0 bridgehead atoms. The summed E-state index contributed by atoms with van der Waals surface area (Å²) in [7, 11) is 0. The third-order valence-electron chi connectivity index (χ3n) is 2.10. The highest BCUT2D eigenvalue weighted by Crippen LogP contribution is 2.28. The van der Waals surface area contributed by atoms with Crippen LogP contribution in [0.3, 0.4) is 0 Å². The first kappa shape index (κ1) is 10.5. The molecule has 0 aliphatic carbocycles. The van der Waals surface area contributed by atoms with Crippen molar-refractivity contribution in [3.63, 3.8) is 0 Å². The first-order valence-corrected chi connectivity index (χ1v) is 4.61. The van der Waals surface area contributed by atoms with Crippen LogP contribution in [0.15, 0.2) is 34.9 Å². The number of rotatable bonds is 3. The molecular formula is C11H9F2NO2. The molecule has 2 N–H and O–H groups in total. The molecule has 0 aliphatic rings. The molecule has 5 heteroatoms. The topological polar surface area (TPSA) is 45.4 Å². The number of benzene rings is 1. The van der Waals surface area contributed by atoms with Crippen LogP contribution in [-0.2, 0) is 6.54 Å². The lowest BCUT2D eigenvalue weighted by molar-refractivity contribution is 0.408. The number of nitrogens with one attached hydrogen (secondary N) is 1. The highest BCUT2D eigenvalue weighted by Gasteiger charge is 2.12. The number of halogens is 2. The van der Waals surface area contributed by atoms with Crippen molar-refractivity contribution in [1.82, 2.24) is 0 Å². The Morgan fingerprint density at radius 1 is 1.25 bits per heavy atom.